The van der Waals surface area contributed by atoms with Crippen molar-refractivity contribution in [2.75, 3.05) is 4.72 Å². The summed E-state index contributed by atoms with van der Waals surface area (Å²) in [6.07, 6.45) is 1.31. The van der Waals surface area contributed by atoms with Crippen LogP contribution in [0, 0.1) is 0 Å². The summed E-state index contributed by atoms with van der Waals surface area (Å²) in [7, 11) is -3.89. The van der Waals surface area contributed by atoms with Gasteiger partial charge < -0.3 is 4.98 Å². The lowest BCUT2D eigenvalue weighted by atomic mass is 10.1. The molecule has 2 aromatic carbocycles. The van der Waals surface area contributed by atoms with E-state index >= 15 is 0 Å². The molecule has 0 aliphatic carbocycles. The average Bonchev–Trinajstić information content (AvgIpc) is 3.03. The summed E-state index contributed by atoms with van der Waals surface area (Å²) in [6, 6.07) is 12.2. The third-order valence-corrected chi connectivity index (χ3v) is 4.89. The quantitative estimate of drug-likeness (QED) is 0.523. The molecule has 4 rings (SSSR count). The molecule has 2 heterocycles. The molecule has 3 N–H and O–H groups in total. The second kappa shape index (κ2) is 5.17. The predicted molar refractivity (Wildman–Crippen MR) is 89.3 cm³/mol. The van der Waals surface area contributed by atoms with Crippen LogP contribution < -0.4 is 10.3 Å². The molecule has 9 heteroatoms. The molecule has 0 unspecified atom stereocenters. The van der Waals surface area contributed by atoms with Crippen LogP contribution >= 0.6 is 0 Å². The fourth-order valence-electron chi connectivity index (χ4n) is 2.41. The first-order valence-electron chi connectivity index (χ1n) is 6.98. The standard InChI is InChI=1S/C15H11N5O3S/c21-14-12-13(17-8-16-12)18-15(19-14)20-24(22,23)11-6-5-9-3-1-2-4-10(9)7-11/h1-8H,(H3,16,17,18,19,20,21). The Labute approximate surface area is 135 Å². The minimum absolute atomic E-state index is 0.0750. The van der Waals surface area contributed by atoms with Gasteiger partial charge in [0, 0.05) is 0 Å². The van der Waals surface area contributed by atoms with E-state index in [1.165, 1.54) is 12.4 Å². The van der Waals surface area contributed by atoms with Crippen LogP contribution in [-0.2, 0) is 10.0 Å². The third-order valence-electron chi connectivity index (χ3n) is 3.56. The summed E-state index contributed by atoms with van der Waals surface area (Å²) in [5.74, 6) is -0.187. The van der Waals surface area contributed by atoms with E-state index in [0.717, 1.165) is 10.8 Å². The van der Waals surface area contributed by atoms with Gasteiger partial charge in [-0.05, 0) is 22.9 Å². The molecule has 24 heavy (non-hydrogen) atoms. The number of H-pyrrole nitrogens is 2. The highest BCUT2D eigenvalue weighted by molar-refractivity contribution is 7.92. The Balaban J connectivity index is 1.76. The first-order chi connectivity index (χ1) is 11.5. The highest BCUT2D eigenvalue weighted by Crippen LogP contribution is 2.20. The number of nitrogens with zero attached hydrogens (tertiary/aromatic N) is 2. The second-order valence-corrected chi connectivity index (χ2v) is 6.81. The van der Waals surface area contributed by atoms with Gasteiger partial charge in [-0.15, -0.1) is 0 Å². The smallest absolute Gasteiger partial charge is 0.278 e. The zero-order valence-corrected chi connectivity index (χ0v) is 13.0. The summed E-state index contributed by atoms with van der Waals surface area (Å²) < 4.78 is 27.3. The Morgan fingerprint density at radius 1 is 1.04 bits per heavy atom. The molecule has 0 radical (unpaired) electrons. The van der Waals surface area contributed by atoms with E-state index in [9.17, 15) is 13.2 Å². The summed E-state index contributed by atoms with van der Waals surface area (Å²) >= 11 is 0. The largest absolute Gasteiger partial charge is 0.339 e. The Bertz CT molecular complexity index is 1230. The SMILES string of the molecule is O=c1[nH]c(NS(=O)(=O)c2ccc3ccccc3c2)nc2nc[nH]c12. The van der Waals surface area contributed by atoms with Gasteiger partial charge in [0.2, 0.25) is 5.95 Å². The van der Waals surface area contributed by atoms with E-state index in [2.05, 4.69) is 24.7 Å². The van der Waals surface area contributed by atoms with Crippen molar-refractivity contribution in [3.63, 3.8) is 0 Å². The lowest BCUT2D eigenvalue weighted by molar-refractivity contribution is 0.601. The number of imidazole rings is 1. The summed E-state index contributed by atoms with van der Waals surface area (Å²) in [5, 5.41) is 1.73. The molecule has 0 atom stereocenters. The normalized spacial score (nSPS) is 11.8. The van der Waals surface area contributed by atoms with Crippen molar-refractivity contribution in [3.05, 3.63) is 59.1 Å². The lowest BCUT2D eigenvalue weighted by Crippen LogP contribution is -2.19. The maximum Gasteiger partial charge on any atom is 0.278 e. The minimum atomic E-state index is -3.89. The average molecular weight is 341 g/mol. The molecule has 0 saturated heterocycles. The molecule has 0 bridgehead atoms. The van der Waals surface area contributed by atoms with Crippen LogP contribution in [0.4, 0.5) is 5.95 Å². The number of benzene rings is 2. The molecule has 8 nitrogen and oxygen atoms in total. The summed E-state index contributed by atoms with van der Waals surface area (Å²) in [6.45, 7) is 0. The van der Waals surface area contributed by atoms with Gasteiger partial charge in [-0.25, -0.2) is 18.1 Å². The van der Waals surface area contributed by atoms with Crippen molar-refractivity contribution in [2.45, 2.75) is 4.90 Å². The van der Waals surface area contributed by atoms with E-state index in [1.807, 2.05) is 24.3 Å². The van der Waals surface area contributed by atoms with Crippen LogP contribution in [0.5, 0.6) is 0 Å². The summed E-state index contributed by atoms with van der Waals surface area (Å²) in [5.41, 5.74) is -0.188. The topological polar surface area (TPSA) is 121 Å². The van der Waals surface area contributed by atoms with Crippen LogP contribution in [0.3, 0.4) is 0 Å². The maximum absolute atomic E-state index is 12.5. The van der Waals surface area contributed by atoms with Crippen molar-refractivity contribution in [2.24, 2.45) is 0 Å². The van der Waals surface area contributed by atoms with Gasteiger partial charge in [0.05, 0.1) is 11.2 Å². The fraction of sp³-hybridized carbons (Fsp3) is 0. The number of aromatic amines is 2. The molecule has 0 amide bonds. The molecular formula is C15H11N5O3S. The predicted octanol–water partition coefficient (Wildman–Crippen LogP) is 1.60. The van der Waals surface area contributed by atoms with E-state index in [0.29, 0.717) is 0 Å². The number of anilines is 1. The van der Waals surface area contributed by atoms with Gasteiger partial charge in [-0.3, -0.25) is 9.78 Å². The zero-order chi connectivity index (χ0) is 16.7. The Morgan fingerprint density at radius 3 is 2.67 bits per heavy atom. The van der Waals surface area contributed by atoms with Gasteiger partial charge in [0.25, 0.3) is 15.6 Å². The molecular weight excluding hydrogens is 330 g/mol. The number of nitrogens with one attached hydrogen (secondary N) is 3. The number of sulfonamides is 1. The van der Waals surface area contributed by atoms with E-state index in [4.69, 9.17) is 0 Å². The van der Waals surface area contributed by atoms with Crippen LogP contribution in [0.25, 0.3) is 21.9 Å². The minimum Gasteiger partial charge on any atom is -0.339 e. The molecule has 0 aliphatic heterocycles. The molecule has 0 fully saturated rings. The van der Waals surface area contributed by atoms with Crippen LogP contribution in [0.1, 0.15) is 0 Å². The number of rotatable bonds is 3. The number of hydrogen-bond acceptors (Lipinski definition) is 5. The van der Waals surface area contributed by atoms with Gasteiger partial charge in [0.1, 0.15) is 0 Å². The number of fused-ring (bicyclic) bond motifs is 2. The van der Waals surface area contributed by atoms with E-state index in [-0.39, 0.29) is 22.0 Å². The van der Waals surface area contributed by atoms with Gasteiger partial charge in [-0.2, -0.15) is 4.98 Å². The van der Waals surface area contributed by atoms with Crippen LogP contribution in [0.2, 0.25) is 0 Å². The van der Waals surface area contributed by atoms with Crippen molar-refractivity contribution in [1.82, 2.24) is 19.9 Å². The van der Waals surface area contributed by atoms with Gasteiger partial charge >= 0.3 is 0 Å². The van der Waals surface area contributed by atoms with Crippen LogP contribution in [-0.4, -0.2) is 28.4 Å². The maximum atomic E-state index is 12.5. The molecule has 120 valence electrons. The number of hydrogen-bond donors (Lipinski definition) is 3. The first-order valence-corrected chi connectivity index (χ1v) is 8.46. The molecule has 4 aromatic rings. The molecule has 2 aromatic heterocycles. The number of aromatic nitrogens is 4. The van der Waals surface area contributed by atoms with Crippen molar-refractivity contribution >= 4 is 37.9 Å². The summed E-state index contributed by atoms with van der Waals surface area (Å²) in [4.78, 5) is 24.8. The Hall–Kier alpha value is -3.20. The molecule has 0 aliphatic rings. The lowest BCUT2D eigenvalue weighted by Gasteiger charge is -2.08. The Kier molecular flexibility index (Phi) is 3.10. The second-order valence-electron chi connectivity index (χ2n) is 5.13. The third kappa shape index (κ3) is 2.40. The van der Waals surface area contributed by atoms with Gasteiger partial charge in [0.15, 0.2) is 11.2 Å². The monoisotopic (exact) mass is 341 g/mol. The van der Waals surface area contributed by atoms with Crippen molar-refractivity contribution < 1.29 is 8.42 Å². The van der Waals surface area contributed by atoms with Crippen LogP contribution in [0.15, 0.2) is 58.5 Å². The Morgan fingerprint density at radius 2 is 1.83 bits per heavy atom. The van der Waals surface area contributed by atoms with Crippen molar-refractivity contribution in [1.29, 1.82) is 0 Å². The molecule has 0 spiro atoms. The first kappa shape index (κ1) is 14.4. The van der Waals surface area contributed by atoms with Gasteiger partial charge in [-0.1, -0.05) is 30.3 Å². The molecule has 0 saturated carbocycles. The zero-order valence-electron chi connectivity index (χ0n) is 12.1. The highest BCUT2D eigenvalue weighted by atomic mass is 32.2. The fourth-order valence-corrected chi connectivity index (χ4v) is 3.41. The highest BCUT2D eigenvalue weighted by Gasteiger charge is 2.17. The van der Waals surface area contributed by atoms with E-state index < -0.39 is 15.6 Å². The van der Waals surface area contributed by atoms with E-state index in [1.54, 1.807) is 12.1 Å². The van der Waals surface area contributed by atoms with Crippen molar-refractivity contribution in [3.8, 4) is 0 Å².